The number of aromatic nitrogens is 2. The lowest BCUT2D eigenvalue weighted by atomic mass is 10.3. The van der Waals surface area contributed by atoms with E-state index in [4.69, 9.17) is 4.74 Å². The van der Waals surface area contributed by atoms with Crippen molar-refractivity contribution in [2.75, 3.05) is 6.54 Å². The first-order valence-electron chi connectivity index (χ1n) is 6.43. The molecule has 0 aliphatic carbocycles. The minimum absolute atomic E-state index is 0.145. The van der Waals surface area contributed by atoms with Crippen molar-refractivity contribution < 1.29 is 9.53 Å². The summed E-state index contributed by atoms with van der Waals surface area (Å²) in [4.78, 5) is 20.1. The molecule has 1 N–H and O–H groups in total. The fourth-order valence-corrected chi connectivity index (χ4v) is 1.69. The zero-order chi connectivity index (χ0) is 14.4. The second-order valence-electron chi connectivity index (χ2n) is 4.49. The lowest BCUT2D eigenvalue weighted by Crippen LogP contribution is -2.34. The minimum atomic E-state index is -0.199. The molecule has 2 rings (SSSR count). The number of carbonyl (C=O) groups excluding carboxylic acids is 1. The van der Waals surface area contributed by atoms with E-state index in [1.165, 1.54) is 0 Å². The molecule has 1 atom stereocenters. The molecule has 0 saturated carbocycles. The van der Waals surface area contributed by atoms with Gasteiger partial charge in [0, 0.05) is 11.9 Å². The zero-order valence-electron chi connectivity index (χ0n) is 11.5. The molecule has 5 heteroatoms. The standard InChI is InChI=1S/C15H17N3O2/c1-11-5-3-7-14(18-11)15(19)17-9-12(2)20-13-6-4-8-16-10-13/h3-8,10,12H,9H2,1-2H3,(H,17,19)/t12-/m1/s1. The molecule has 1 amide bonds. The van der Waals surface area contributed by atoms with Crippen LogP contribution in [0.2, 0.25) is 0 Å². The largest absolute Gasteiger partial charge is 0.487 e. The SMILES string of the molecule is Cc1cccc(C(=O)NC[C@@H](C)Oc2cccnc2)n1. The van der Waals surface area contributed by atoms with Gasteiger partial charge in [-0.2, -0.15) is 0 Å². The van der Waals surface area contributed by atoms with Gasteiger partial charge in [-0.25, -0.2) is 4.98 Å². The average Bonchev–Trinajstić information content (AvgIpc) is 2.46. The van der Waals surface area contributed by atoms with Gasteiger partial charge in [0.25, 0.3) is 5.91 Å². The molecule has 0 aromatic carbocycles. The van der Waals surface area contributed by atoms with Crippen LogP contribution < -0.4 is 10.1 Å². The maximum atomic E-state index is 11.9. The van der Waals surface area contributed by atoms with Gasteiger partial charge >= 0.3 is 0 Å². The van der Waals surface area contributed by atoms with Crippen LogP contribution in [0, 0.1) is 6.92 Å². The van der Waals surface area contributed by atoms with Crippen LogP contribution in [0.4, 0.5) is 0 Å². The predicted molar refractivity (Wildman–Crippen MR) is 75.6 cm³/mol. The Bertz CT molecular complexity index is 572. The lowest BCUT2D eigenvalue weighted by Gasteiger charge is -2.15. The number of hydrogen-bond donors (Lipinski definition) is 1. The van der Waals surface area contributed by atoms with Crippen molar-refractivity contribution in [3.8, 4) is 5.75 Å². The first kappa shape index (κ1) is 14.0. The molecular formula is C15H17N3O2. The number of aryl methyl sites for hydroxylation is 1. The summed E-state index contributed by atoms with van der Waals surface area (Å²) in [5.74, 6) is 0.485. The molecule has 2 aromatic heterocycles. The van der Waals surface area contributed by atoms with E-state index in [9.17, 15) is 4.79 Å². The number of carbonyl (C=O) groups is 1. The summed E-state index contributed by atoms with van der Waals surface area (Å²) < 4.78 is 5.63. The van der Waals surface area contributed by atoms with E-state index in [1.807, 2.05) is 32.0 Å². The molecule has 0 saturated heterocycles. The molecular weight excluding hydrogens is 254 g/mol. The lowest BCUT2D eigenvalue weighted by molar-refractivity contribution is 0.0927. The van der Waals surface area contributed by atoms with Gasteiger partial charge in [-0.3, -0.25) is 9.78 Å². The highest BCUT2D eigenvalue weighted by molar-refractivity contribution is 5.92. The smallest absolute Gasteiger partial charge is 0.270 e. The molecule has 0 fully saturated rings. The molecule has 0 spiro atoms. The van der Waals surface area contributed by atoms with Gasteiger partial charge in [-0.15, -0.1) is 0 Å². The molecule has 5 nitrogen and oxygen atoms in total. The second-order valence-corrected chi connectivity index (χ2v) is 4.49. The summed E-state index contributed by atoms with van der Waals surface area (Å²) in [6, 6.07) is 8.98. The number of hydrogen-bond acceptors (Lipinski definition) is 4. The highest BCUT2D eigenvalue weighted by atomic mass is 16.5. The predicted octanol–water partition coefficient (Wildman–Crippen LogP) is 1.98. The Morgan fingerprint density at radius 3 is 2.90 bits per heavy atom. The third-order valence-corrected chi connectivity index (χ3v) is 2.64. The van der Waals surface area contributed by atoms with Crippen LogP contribution in [-0.2, 0) is 0 Å². The Balaban J connectivity index is 1.84. The number of rotatable bonds is 5. The monoisotopic (exact) mass is 271 g/mol. The van der Waals surface area contributed by atoms with Crippen LogP contribution in [-0.4, -0.2) is 28.5 Å². The van der Waals surface area contributed by atoms with E-state index >= 15 is 0 Å². The van der Waals surface area contributed by atoms with Gasteiger partial charge in [-0.05, 0) is 38.1 Å². The summed E-state index contributed by atoms with van der Waals surface area (Å²) in [7, 11) is 0. The van der Waals surface area contributed by atoms with E-state index in [1.54, 1.807) is 24.5 Å². The van der Waals surface area contributed by atoms with Crippen molar-refractivity contribution in [3.05, 3.63) is 54.1 Å². The summed E-state index contributed by atoms with van der Waals surface area (Å²) in [6.07, 6.45) is 3.18. The number of nitrogens with zero attached hydrogens (tertiary/aromatic N) is 2. The first-order chi connectivity index (χ1) is 9.65. The maximum absolute atomic E-state index is 11.9. The number of nitrogens with one attached hydrogen (secondary N) is 1. The third kappa shape index (κ3) is 4.05. The van der Waals surface area contributed by atoms with E-state index in [2.05, 4.69) is 15.3 Å². The normalized spacial score (nSPS) is 11.7. The van der Waals surface area contributed by atoms with Gasteiger partial charge in [-0.1, -0.05) is 6.07 Å². The highest BCUT2D eigenvalue weighted by Gasteiger charge is 2.10. The molecule has 0 bridgehead atoms. The average molecular weight is 271 g/mol. The van der Waals surface area contributed by atoms with Crippen molar-refractivity contribution in [3.63, 3.8) is 0 Å². The summed E-state index contributed by atoms with van der Waals surface area (Å²) in [6.45, 7) is 4.14. The Morgan fingerprint density at radius 2 is 2.20 bits per heavy atom. The zero-order valence-corrected chi connectivity index (χ0v) is 11.5. The van der Waals surface area contributed by atoms with Gasteiger partial charge in [0.05, 0.1) is 12.7 Å². The molecule has 2 heterocycles. The van der Waals surface area contributed by atoms with Crippen molar-refractivity contribution in [2.45, 2.75) is 20.0 Å². The molecule has 0 aliphatic heterocycles. The summed E-state index contributed by atoms with van der Waals surface area (Å²) in [5, 5.41) is 2.80. The van der Waals surface area contributed by atoms with E-state index in [0.717, 1.165) is 5.69 Å². The Kier molecular flexibility index (Phi) is 4.65. The van der Waals surface area contributed by atoms with Gasteiger partial charge < -0.3 is 10.1 Å². The van der Waals surface area contributed by atoms with Crippen molar-refractivity contribution in [2.24, 2.45) is 0 Å². The molecule has 104 valence electrons. The van der Waals surface area contributed by atoms with Crippen LogP contribution in [0.15, 0.2) is 42.7 Å². The summed E-state index contributed by atoms with van der Waals surface area (Å²) >= 11 is 0. The topological polar surface area (TPSA) is 64.1 Å². The fraction of sp³-hybridized carbons (Fsp3) is 0.267. The first-order valence-corrected chi connectivity index (χ1v) is 6.43. The van der Waals surface area contributed by atoms with Crippen molar-refractivity contribution in [1.29, 1.82) is 0 Å². The van der Waals surface area contributed by atoms with Gasteiger partial charge in [0.1, 0.15) is 17.5 Å². The Morgan fingerprint density at radius 1 is 1.35 bits per heavy atom. The molecule has 0 radical (unpaired) electrons. The van der Waals surface area contributed by atoms with Crippen LogP contribution in [0.25, 0.3) is 0 Å². The van der Waals surface area contributed by atoms with Crippen LogP contribution in [0.5, 0.6) is 5.75 Å². The van der Waals surface area contributed by atoms with E-state index in [0.29, 0.717) is 18.0 Å². The number of amides is 1. The molecule has 20 heavy (non-hydrogen) atoms. The third-order valence-electron chi connectivity index (χ3n) is 2.64. The molecule has 2 aromatic rings. The second kappa shape index (κ2) is 6.65. The summed E-state index contributed by atoms with van der Waals surface area (Å²) in [5.41, 5.74) is 1.23. The maximum Gasteiger partial charge on any atom is 0.270 e. The Hall–Kier alpha value is -2.43. The molecule has 0 unspecified atom stereocenters. The van der Waals surface area contributed by atoms with Crippen LogP contribution in [0.1, 0.15) is 23.1 Å². The fourth-order valence-electron chi connectivity index (χ4n) is 1.69. The van der Waals surface area contributed by atoms with E-state index < -0.39 is 0 Å². The highest BCUT2D eigenvalue weighted by Crippen LogP contribution is 2.08. The van der Waals surface area contributed by atoms with Crippen LogP contribution >= 0.6 is 0 Å². The minimum Gasteiger partial charge on any atom is -0.487 e. The van der Waals surface area contributed by atoms with E-state index in [-0.39, 0.29) is 12.0 Å². The van der Waals surface area contributed by atoms with Gasteiger partial charge in [0.15, 0.2) is 0 Å². The van der Waals surface area contributed by atoms with Crippen molar-refractivity contribution in [1.82, 2.24) is 15.3 Å². The quantitative estimate of drug-likeness (QED) is 0.903. The number of ether oxygens (including phenoxy) is 1. The van der Waals surface area contributed by atoms with Crippen LogP contribution in [0.3, 0.4) is 0 Å². The number of pyridine rings is 2. The van der Waals surface area contributed by atoms with Crippen molar-refractivity contribution >= 4 is 5.91 Å². The molecule has 0 aliphatic rings. The Labute approximate surface area is 118 Å². The van der Waals surface area contributed by atoms with Gasteiger partial charge in [0.2, 0.25) is 0 Å².